The van der Waals surface area contributed by atoms with E-state index >= 15 is 0 Å². The summed E-state index contributed by atoms with van der Waals surface area (Å²) in [5.41, 5.74) is 0.455. The number of hydrogen-bond acceptors (Lipinski definition) is 3. The first kappa shape index (κ1) is 47.6. The molecule has 38 heavy (non-hydrogen) atoms. The highest BCUT2D eigenvalue weighted by molar-refractivity contribution is 4.87. The van der Waals surface area contributed by atoms with Gasteiger partial charge in [0.15, 0.2) is 0 Å². The minimum absolute atomic E-state index is 0.455. The molecule has 0 radical (unpaired) electrons. The molecule has 0 saturated carbocycles. The summed E-state index contributed by atoms with van der Waals surface area (Å²) < 4.78 is 2.36. The quantitative estimate of drug-likeness (QED) is 0.317. The molecule has 0 aliphatic carbocycles. The van der Waals surface area contributed by atoms with Crippen LogP contribution in [0.5, 0.6) is 0 Å². The molecule has 2 aliphatic rings. The van der Waals surface area contributed by atoms with Gasteiger partial charge in [-0.2, -0.15) is 0 Å². The summed E-state index contributed by atoms with van der Waals surface area (Å²) in [6.07, 6.45) is 6.66. The zero-order valence-electron chi connectivity index (χ0n) is 30.9. The van der Waals surface area contributed by atoms with E-state index in [-0.39, 0.29) is 0 Å². The summed E-state index contributed by atoms with van der Waals surface area (Å²) >= 11 is 0. The Morgan fingerprint density at radius 2 is 1.32 bits per heavy atom. The molecule has 5 nitrogen and oxygen atoms in total. The maximum atomic E-state index is 3.19. The Hall–Kier alpha value is -0.200. The lowest BCUT2D eigenvalue weighted by molar-refractivity contribution is -0.933. The zero-order valence-corrected chi connectivity index (χ0v) is 30.9. The second-order valence-electron chi connectivity index (χ2n) is 11.9. The molecule has 2 rings (SSSR count). The molecule has 0 spiro atoms. The van der Waals surface area contributed by atoms with Crippen LogP contribution in [0.1, 0.15) is 115 Å². The van der Waals surface area contributed by atoms with E-state index in [1.54, 1.807) is 0 Å². The normalized spacial score (nSPS) is 17.1. The third kappa shape index (κ3) is 28.8. The fourth-order valence-electron chi connectivity index (χ4n) is 4.00. The number of nitrogens with zero attached hydrogens (tertiary/aromatic N) is 4. The zero-order chi connectivity index (χ0) is 31.4. The summed E-state index contributed by atoms with van der Waals surface area (Å²) in [7, 11) is 15.4. The van der Waals surface area contributed by atoms with Crippen LogP contribution in [0.15, 0.2) is 0 Å². The minimum Gasteiger partial charge on any atom is -0.329 e. The monoisotopic (exact) mass is 550 g/mol. The van der Waals surface area contributed by atoms with Crippen molar-refractivity contribution in [3.8, 4) is 0 Å². The van der Waals surface area contributed by atoms with Crippen LogP contribution in [-0.2, 0) is 0 Å². The molecular formula is C33H83N5+2. The molecular weight excluding hydrogens is 466 g/mol. The van der Waals surface area contributed by atoms with Crippen molar-refractivity contribution in [2.45, 2.75) is 127 Å². The van der Waals surface area contributed by atoms with Gasteiger partial charge in [0.2, 0.25) is 0 Å². The van der Waals surface area contributed by atoms with E-state index in [0.717, 1.165) is 17.1 Å². The predicted octanol–water partition coefficient (Wildman–Crippen LogP) is 7.46. The van der Waals surface area contributed by atoms with Crippen molar-refractivity contribution >= 4 is 0 Å². The van der Waals surface area contributed by atoms with E-state index in [1.165, 1.54) is 75.9 Å². The SMILES string of the molecule is CC.CC.CC.CCCC.CCC[N+](C)(C)CC.CN(C)C1C[N+](C)(C)C1.CNCCN1CCCC1(C)C. The van der Waals surface area contributed by atoms with Gasteiger partial charge in [0.1, 0.15) is 6.04 Å². The van der Waals surface area contributed by atoms with Gasteiger partial charge < -0.3 is 14.3 Å². The Morgan fingerprint density at radius 1 is 0.868 bits per heavy atom. The average Bonchev–Trinajstić information content (AvgIpc) is 3.23. The molecule has 1 N–H and O–H groups in total. The standard InChI is InChI=1S/C9H20N2.C7H17N2.C7H18N.C4H10.3C2H6/c1-9(2)5-4-7-11(9)8-6-10-3;1-8(2)7-5-9(3,4)6-7;1-5-7-8(3,4)6-2;1-3-4-2;3*1-2/h10H,4-8H2,1-3H3;7H,5-6H2,1-4H3;5-7H2,1-4H3;3-4H2,1-2H3;3*1-2H3/q;2*+1;;;;. The summed E-state index contributed by atoms with van der Waals surface area (Å²) in [5, 5.41) is 3.19. The highest BCUT2D eigenvalue weighted by atomic mass is 15.4. The second-order valence-corrected chi connectivity index (χ2v) is 11.9. The molecule has 238 valence electrons. The summed E-state index contributed by atoms with van der Waals surface area (Å²) in [6, 6.07) is 0.833. The van der Waals surface area contributed by atoms with Gasteiger partial charge in [0.25, 0.3) is 0 Å². The molecule has 0 aromatic carbocycles. The Morgan fingerprint density at radius 3 is 1.50 bits per heavy atom. The first-order chi connectivity index (χ1) is 17.7. The van der Waals surface area contributed by atoms with Crippen LogP contribution in [0.4, 0.5) is 0 Å². The number of unbranched alkanes of at least 4 members (excludes halogenated alkanes) is 1. The van der Waals surface area contributed by atoms with E-state index in [2.05, 4.69) is 98.9 Å². The van der Waals surface area contributed by atoms with Crippen molar-refractivity contribution in [2.24, 2.45) is 0 Å². The van der Waals surface area contributed by atoms with E-state index in [4.69, 9.17) is 0 Å². The van der Waals surface area contributed by atoms with Crippen molar-refractivity contribution in [2.75, 3.05) is 95.1 Å². The minimum atomic E-state index is 0.455. The maximum absolute atomic E-state index is 3.19. The summed E-state index contributed by atoms with van der Waals surface area (Å²) in [5.74, 6) is 0. The predicted molar refractivity (Wildman–Crippen MR) is 181 cm³/mol. The van der Waals surface area contributed by atoms with E-state index in [1.807, 2.05) is 48.6 Å². The second kappa shape index (κ2) is 29.8. The Bertz CT molecular complexity index is 423. The Kier molecular flexibility index (Phi) is 37.3. The number of likely N-dealkylation sites (N-methyl/N-ethyl adjacent to an activating group) is 3. The molecule has 0 atom stereocenters. The van der Waals surface area contributed by atoms with E-state index < -0.39 is 0 Å². The van der Waals surface area contributed by atoms with Gasteiger partial charge in [-0.25, -0.2) is 0 Å². The van der Waals surface area contributed by atoms with Gasteiger partial charge in [0.05, 0.1) is 54.4 Å². The molecule has 5 heteroatoms. The third-order valence-corrected chi connectivity index (χ3v) is 7.03. The van der Waals surface area contributed by atoms with Crippen LogP contribution in [0.25, 0.3) is 0 Å². The van der Waals surface area contributed by atoms with Gasteiger partial charge >= 0.3 is 0 Å². The Balaban J connectivity index is -0.000000123. The van der Waals surface area contributed by atoms with Crippen molar-refractivity contribution in [1.29, 1.82) is 0 Å². The highest BCUT2D eigenvalue weighted by Crippen LogP contribution is 2.27. The van der Waals surface area contributed by atoms with Crippen LogP contribution in [0.2, 0.25) is 0 Å². The van der Waals surface area contributed by atoms with Crippen molar-refractivity contribution < 1.29 is 8.97 Å². The molecule has 2 aliphatic heterocycles. The highest BCUT2D eigenvalue weighted by Gasteiger charge is 2.37. The largest absolute Gasteiger partial charge is 0.329 e. The smallest absolute Gasteiger partial charge is 0.108 e. The molecule has 2 fully saturated rings. The number of likely N-dealkylation sites (tertiary alicyclic amines) is 2. The fraction of sp³-hybridized carbons (Fsp3) is 1.00. The van der Waals surface area contributed by atoms with Gasteiger partial charge in [0, 0.05) is 18.6 Å². The van der Waals surface area contributed by atoms with Crippen molar-refractivity contribution in [3.63, 3.8) is 0 Å². The number of nitrogens with one attached hydrogen (secondary N) is 1. The summed E-state index contributed by atoms with van der Waals surface area (Å²) in [6.45, 7) is 34.3. The molecule has 0 aromatic rings. The topological polar surface area (TPSA) is 18.5 Å². The average molecular weight is 550 g/mol. The van der Waals surface area contributed by atoms with Crippen LogP contribution in [-0.4, -0.2) is 125 Å². The lowest BCUT2D eigenvalue weighted by atomic mass is 10.0. The maximum Gasteiger partial charge on any atom is 0.108 e. The number of hydrogen-bond donors (Lipinski definition) is 1. The number of quaternary nitrogens is 2. The van der Waals surface area contributed by atoms with Crippen LogP contribution in [0.3, 0.4) is 0 Å². The van der Waals surface area contributed by atoms with Gasteiger partial charge in [-0.3, -0.25) is 9.80 Å². The molecule has 0 aromatic heterocycles. The fourth-order valence-corrected chi connectivity index (χ4v) is 4.00. The van der Waals surface area contributed by atoms with E-state index in [0.29, 0.717) is 5.54 Å². The third-order valence-electron chi connectivity index (χ3n) is 7.03. The lowest BCUT2D eigenvalue weighted by Gasteiger charge is -2.47. The first-order valence-corrected chi connectivity index (χ1v) is 16.4. The van der Waals surface area contributed by atoms with Gasteiger partial charge in [-0.1, -0.05) is 75.2 Å². The van der Waals surface area contributed by atoms with Crippen LogP contribution >= 0.6 is 0 Å². The Labute approximate surface area is 245 Å². The van der Waals surface area contributed by atoms with Crippen LogP contribution in [0, 0.1) is 0 Å². The number of rotatable bonds is 8. The van der Waals surface area contributed by atoms with Gasteiger partial charge in [-0.05, 0) is 67.7 Å². The molecule has 0 bridgehead atoms. The molecule has 0 amide bonds. The van der Waals surface area contributed by atoms with Crippen molar-refractivity contribution in [3.05, 3.63) is 0 Å². The van der Waals surface area contributed by atoms with E-state index in [9.17, 15) is 0 Å². The lowest BCUT2D eigenvalue weighted by Crippen LogP contribution is -2.65. The molecule has 2 saturated heterocycles. The van der Waals surface area contributed by atoms with Gasteiger partial charge in [-0.15, -0.1) is 0 Å². The van der Waals surface area contributed by atoms with Crippen LogP contribution < -0.4 is 5.32 Å². The molecule has 0 unspecified atom stereocenters. The molecule has 2 heterocycles. The first-order valence-electron chi connectivity index (χ1n) is 16.4. The summed E-state index contributed by atoms with van der Waals surface area (Å²) in [4.78, 5) is 4.88. The van der Waals surface area contributed by atoms with Crippen molar-refractivity contribution in [1.82, 2.24) is 15.1 Å².